The van der Waals surface area contributed by atoms with Gasteiger partial charge in [-0.25, -0.2) is 9.59 Å². The molecule has 0 aliphatic rings. The highest BCUT2D eigenvalue weighted by Gasteiger charge is 2.19. The van der Waals surface area contributed by atoms with Crippen LogP contribution in [0.2, 0.25) is 0 Å². The molecule has 0 N–H and O–H groups in total. The van der Waals surface area contributed by atoms with Crippen molar-refractivity contribution >= 4 is 17.9 Å². The first-order chi connectivity index (χ1) is 30.0. The van der Waals surface area contributed by atoms with Gasteiger partial charge in [0, 0.05) is 19.3 Å². The van der Waals surface area contributed by atoms with Gasteiger partial charge >= 0.3 is 17.9 Å². The standard InChI is InChI=1S/C53H100O8/c1-4-7-10-13-16-19-22-25-26-29-30-33-36-39-42-45-51(54)59-50(48-57-60-52(55)46-43-40-37-34-31-27-23-20-17-14-11-8-5-2)49-58-61-53(56)47-44-41-38-35-32-28-24-21-18-15-12-9-6-3/h25-26,50H,4-24,27-49H2,1-3H3/b26-25-. The van der Waals surface area contributed by atoms with Crippen LogP contribution in [0.15, 0.2) is 12.2 Å². The molecular formula is C53H100O8. The molecule has 0 aromatic carbocycles. The molecule has 8 nitrogen and oxygen atoms in total. The minimum absolute atomic E-state index is 0.196. The molecule has 360 valence electrons. The lowest BCUT2D eigenvalue weighted by atomic mass is 10.0. The van der Waals surface area contributed by atoms with Crippen LogP contribution in [0.25, 0.3) is 0 Å². The normalized spacial score (nSPS) is 11.5. The fourth-order valence-corrected chi connectivity index (χ4v) is 7.71. The molecule has 0 amide bonds. The molecule has 0 rings (SSSR count). The zero-order valence-electron chi connectivity index (χ0n) is 40.6. The molecule has 0 aromatic rings. The first-order valence-corrected chi connectivity index (χ1v) is 26.5. The molecular weight excluding hydrogens is 765 g/mol. The Morgan fingerprint density at radius 3 is 0.869 bits per heavy atom. The summed E-state index contributed by atoms with van der Waals surface area (Å²) in [5.74, 6) is -1.25. The van der Waals surface area contributed by atoms with Crippen LogP contribution in [0.3, 0.4) is 0 Å². The summed E-state index contributed by atoms with van der Waals surface area (Å²) in [7, 11) is 0. The lowest BCUT2D eigenvalue weighted by molar-refractivity contribution is -0.306. The van der Waals surface area contributed by atoms with Gasteiger partial charge in [0.25, 0.3) is 0 Å². The van der Waals surface area contributed by atoms with Crippen molar-refractivity contribution < 1.29 is 38.7 Å². The summed E-state index contributed by atoms with van der Waals surface area (Å²) in [5.41, 5.74) is 0. The number of carbonyl (C=O) groups excluding carboxylic acids is 3. The predicted octanol–water partition coefficient (Wildman–Crippen LogP) is 16.8. The highest BCUT2D eigenvalue weighted by molar-refractivity contribution is 5.69. The Kier molecular flexibility index (Phi) is 49.1. The minimum Gasteiger partial charge on any atom is -0.457 e. The maximum Gasteiger partial charge on any atom is 0.342 e. The molecule has 61 heavy (non-hydrogen) atoms. The van der Waals surface area contributed by atoms with Crippen LogP contribution >= 0.6 is 0 Å². The Balaban J connectivity index is 4.32. The van der Waals surface area contributed by atoms with Gasteiger partial charge in [-0.2, -0.15) is 9.78 Å². The van der Waals surface area contributed by atoms with Crippen molar-refractivity contribution in [1.82, 2.24) is 0 Å². The fourth-order valence-electron chi connectivity index (χ4n) is 7.71. The van der Waals surface area contributed by atoms with E-state index >= 15 is 0 Å². The predicted molar refractivity (Wildman–Crippen MR) is 254 cm³/mol. The topological polar surface area (TPSA) is 97.4 Å². The maximum atomic E-state index is 12.7. The molecule has 0 aliphatic carbocycles. The number of hydrogen-bond donors (Lipinski definition) is 0. The van der Waals surface area contributed by atoms with Crippen LogP contribution in [0.4, 0.5) is 0 Å². The number of rotatable bonds is 50. The second-order valence-electron chi connectivity index (χ2n) is 17.9. The van der Waals surface area contributed by atoms with Gasteiger partial charge in [-0.05, 0) is 44.9 Å². The van der Waals surface area contributed by atoms with E-state index in [0.717, 1.165) is 70.6 Å². The molecule has 0 heterocycles. The van der Waals surface area contributed by atoms with E-state index in [0.29, 0.717) is 0 Å². The summed E-state index contributed by atoms with van der Waals surface area (Å²) >= 11 is 0. The van der Waals surface area contributed by atoms with Crippen molar-refractivity contribution in [3.63, 3.8) is 0 Å². The average molecular weight is 865 g/mol. The fraction of sp³-hybridized carbons (Fsp3) is 0.906. The molecule has 0 atom stereocenters. The Morgan fingerprint density at radius 1 is 0.328 bits per heavy atom. The average Bonchev–Trinajstić information content (AvgIpc) is 3.25. The van der Waals surface area contributed by atoms with Gasteiger partial charge in [-0.1, -0.05) is 238 Å². The number of allylic oxidation sites excluding steroid dienone is 2. The highest BCUT2D eigenvalue weighted by atomic mass is 17.2. The zero-order valence-corrected chi connectivity index (χ0v) is 40.6. The van der Waals surface area contributed by atoms with Gasteiger partial charge in [-0.3, -0.25) is 14.6 Å². The quantitative estimate of drug-likeness (QED) is 0.0196. The molecule has 0 unspecified atom stereocenters. The van der Waals surface area contributed by atoms with E-state index in [1.807, 2.05) is 0 Å². The van der Waals surface area contributed by atoms with Crippen LogP contribution in [0, 0.1) is 0 Å². The Morgan fingerprint density at radius 2 is 0.574 bits per heavy atom. The van der Waals surface area contributed by atoms with E-state index in [1.165, 1.54) is 180 Å². The minimum atomic E-state index is -0.871. The summed E-state index contributed by atoms with van der Waals surface area (Å²) in [6.07, 6.45) is 52.3. The third-order valence-corrected chi connectivity index (χ3v) is 11.7. The van der Waals surface area contributed by atoms with Gasteiger partial charge in [-0.15, -0.1) is 0 Å². The van der Waals surface area contributed by atoms with E-state index in [2.05, 4.69) is 32.9 Å². The van der Waals surface area contributed by atoms with Crippen molar-refractivity contribution in [2.24, 2.45) is 0 Å². The first kappa shape index (κ1) is 59.1. The van der Waals surface area contributed by atoms with E-state index < -0.39 is 18.0 Å². The number of esters is 1. The molecule has 0 saturated carbocycles. The summed E-state index contributed by atoms with van der Waals surface area (Å²) in [4.78, 5) is 57.8. The molecule has 0 radical (unpaired) electrons. The third-order valence-electron chi connectivity index (χ3n) is 11.7. The Hall–Kier alpha value is -1.93. The smallest absolute Gasteiger partial charge is 0.342 e. The zero-order chi connectivity index (χ0) is 44.4. The van der Waals surface area contributed by atoms with E-state index in [1.54, 1.807) is 0 Å². The molecule has 8 heteroatoms. The largest absolute Gasteiger partial charge is 0.457 e. The molecule has 0 saturated heterocycles. The van der Waals surface area contributed by atoms with Crippen LogP contribution in [0.5, 0.6) is 0 Å². The van der Waals surface area contributed by atoms with Crippen molar-refractivity contribution in [2.45, 2.75) is 297 Å². The molecule has 0 spiro atoms. The van der Waals surface area contributed by atoms with Crippen molar-refractivity contribution in [3.8, 4) is 0 Å². The summed E-state index contributed by atoms with van der Waals surface area (Å²) in [6.45, 7) is 6.38. The molecule has 0 aliphatic heterocycles. The van der Waals surface area contributed by atoms with Crippen LogP contribution in [-0.2, 0) is 38.7 Å². The van der Waals surface area contributed by atoms with Gasteiger partial charge < -0.3 is 4.74 Å². The summed E-state index contributed by atoms with van der Waals surface area (Å²) in [5, 5.41) is 0. The molecule has 0 bridgehead atoms. The monoisotopic (exact) mass is 865 g/mol. The van der Waals surface area contributed by atoms with E-state index in [9.17, 15) is 14.4 Å². The molecule has 0 aromatic heterocycles. The first-order valence-electron chi connectivity index (χ1n) is 26.5. The van der Waals surface area contributed by atoms with Gasteiger partial charge in [0.05, 0.1) is 0 Å². The van der Waals surface area contributed by atoms with Crippen LogP contribution in [0.1, 0.15) is 290 Å². The number of ether oxygens (including phenoxy) is 1. The number of carbonyl (C=O) groups is 3. The van der Waals surface area contributed by atoms with E-state index in [4.69, 9.17) is 24.3 Å². The van der Waals surface area contributed by atoms with Crippen LogP contribution < -0.4 is 0 Å². The van der Waals surface area contributed by atoms with E-state index in [-0.39, 0.29) is 38.4 Å². The van der Waals surface area contributed by atoms with Crippen molar-refractivity contribution in [2.75, 3.05) is 13.2 Å². The SMILES string of the molecule is CCCCCCCC/C=C\CCCCCCCC(=O)OC(COOC(=O)CCCCCCCCCCCCCCC)COOC(=O)CCCCCCCCCCCCCCC. The number of hydrogen-bond acceptors (Lipinski definition) is 8. The van der Waals surface area contributed by atoms with Gasteiger partial charge in [0.15, 0.2) is 6.10 Å². The molecule has 0 fully saturated rings. The highest BCUT2D eigenvalue weighted by Crippen LogP contribution is 2.16. The number of unbranched alkanes of at least 4 members (excludes halogenated alkanes) is 35. The maximum absolute atomic E-state index is 12.7. The Bertz CT molecular complexity index is 905. The Labute approximate surface area is 377 Å². The lowest BCUT2D eigenvalue weighted by Crippen LogP contribution is -2.29. The van der Waals surface area contributed by atoms with Gasteiger partial charge in [0.2, 0.25) is 0 Å². The van der Waals surface area contributed by atoms with Crippen molar-refractivity contribution in [1.29, 1.82) is 0 Å². The van der Waals surface area contributed by atoms with Crippen molar-refractivity contribution in [3.05, 3.63) is 12.2 Å². The second-order valence-corrected chi connectivity index (χ2v) is 17.9. The third kappa shape index (κ3) is 49.0. The second kappa shape index (κ2) is 50.7. The lowest BCUT2D eigenvalue weighted by Gasteiger charge is -2.16. The van der Waals surface area contributed by atoms with Gasteiger partial charge in [0.1, 0.15) is 13.2 Å². The van der Waals surface area contributed by atoms with Crippen LogP contribution in [-0.4, -0.2) is 37.2 Å². The summed E-state index contributed by atoms with van der Waals surface area (Å²) < 4.78 is 5.62. The summed E-state index contributed by atoms with van der Waals surface area (Å²) in [6, 6.07) is 0.